The fourth-order valence-corrected chi connectivity index (χ4v) is 2.45. The van der Waals surface area contributed by atoms with E-state index in [1.165, 1.54) is 6.42 Å². The van der Waals surface area contributed by atoms with Crippen LogP contribution in [0.5, 0.6) is 0 Å². The molecule has 7 nitrogen and oxygen atoms in total. The second-order valence-electron chi connectivity index (χ2n) is 5.54. The van der Waals surface area contributed by atoms with Crippen molar-refractivity contribution >= 4 is 6.03 Å². The van der Waals surface area contributed by atoms with E-state index in [0.717, 1.165) is 32.3 Å². The molecule has 1 N–H and O–H groups in total. The van der Waals surface area contributed by atoms with Crippen molar-refractivity contribution in [1.82, 2.24) is 20.4 Å². The van der Waals surface area contributed by atoms with Crippen molar-refractivity contribution < 1.29 is 14.1 Å². The Balaban J connectivity index is 1.79. The Morgan fingerprint density at radius 3 is 2.95 bits per heavy atom. The van der Waals surface area contributed by atoms with E-state index in [1.807, 2.05) is 6.92 Å². The summed E-state index contributed by atoms with van der Waals surface area (Å²) < 4.78 is 10.8. The minimum Gasteiger partial charge on any atom is -0.376 e. The van der Waals surface area contributed by atoms with Crippen LogP contribution in [0.1, 0.15) is 51.2 Å². The molecule has 1 atom stereocenters. The van der Waals surface area contributed by atoms with Gasteiger partial charge in [-0.15, -0.1) is 0 Å². The lowest BCUT2D eigenvalue weighted by Gasteiger charge is -2.25. The molecule has 2 rings (SSSR count). The van der Waals surface area contributed by atoms with Crippen molar-refractivity contribution in [3.05, 3.63) is 11.7 Å². The minimum atomic E-state index is -0.112. The number of carbonyl (C=O) groups is 1. The number of nitrogens with zero attached hydrogens (tertiary/aromatic N) is 3. The molecule has 0 aromatic carbocycles. The first-order valence-electron chi connectivity index (χ1n) is 8.18. The van der Waals surface area contributed by atoms with Crippen molar-refractivity contribution in [3.8, 4) is 0 Å². The second kappa shape index (κ2) is 8.73. The lowest BCUT2D eigenvalue weighted by Crippen LogP contribution is -2.43. The van der Waals surface area contributed by atoms with E-state index in [9.17, 15) is 4.79 Å². The van der Waals surface area contributed by atoms with E-state index in [4.69, 9.17) is 9.26 Å². The van der Waals surface area contributed by atoms with Crippen LogP contribution >= 0.6 is 0 Å². The number of hydrogen-bond donors (Lipinski definition) is 1. The zero-order valence-corrected chi connectivity index (χ0v) is 13.5. The average Bonchev–Trinajstić information content (AvgIpc) is 2.99. The molecule has 1 fully saturated rings. The molecular formula is C15H26N4O3. The summed E-state index contributed by atoms with van der Waals surface area (Å²) in [6.45, 7) is 6.30. The van der Waals surface area contributed by atoms with E-state index in [0.29, 0.717) is 31.3 Å². The van der Waals surface area contributed by atoms with Gasteiger partial charge < -0.3 is 19.5 Å². The van der Waals surface area contributed by atoms with Gasteiger partial charge in [0.1, 0.15) is 0 Å². The molecule has 22 heavy (non-hydrogen) atoms. The molecule has 0 bridgehead atoms. The van der Waals surface area contributed by atoms with E-state index in [2.05, 4.69) is 22.4 Å². The highest BCUT2D eigenvalue weighted by Gasteiger charge is 2.18. The Bertz CT molecular complexity index is 457. The molecule has 2 heterocycles. The summed E-state index contributed by atoms with van der Waals surface area (Å²) in [5.74, 6) is 1.18. The Morgan fingerprint density at radius 1 is 1.41 bits per heavy atom. The smallest absolute Gasteiger partial charge is 0.317 e. The van der Waals surface area contributed by atoms with Crippen LogP contribution in [-0.2, 0) is 17.7 Å². The normalized spacial score (nSPS) is 18.2. The molecule has 7 heteroatoms. The van der Waals surface area contributed by atoms with Gasteiger partial charge in [0.25, 0.3) is 0 Å². The number of hydrogen-bond acceptors (Lipinski definition) is 5. The summed E-state index contributed by atoms with van der Waals surface area (Å²) in [5.41, 5.74) is 0. The SMILES string of the molecule is CCCc1nc(CN(CC)C(=O)NC[C@H]2CCCCO2)no1. The van der Waals surface area contributed by atoms with Crippen LogP contribution in [-0.4, -0.2) is 46.9 Å². The first-order chi connectivity index (χ1) is 10.7. The number of aromatic nitrogens is 2. The Labute approximate surface area is 131 Å². The van der Waals surface area contributed by atoms with Crippen LogP contribution in [0.3, 0.4) is 0 Å². The number of carbonyl (C=O) groups excluding carboxylic acids is 1. The fourth-order valence-electron chi connectivity index (χ4n) is 2.45. The van der Waals surface area contributed by atoms with Gasteiger partial charge in [0.2, 0.25) is 5.89 Å². The quantitative estimate of drug-likeness (QED) is 0.834. The maximum Gasteiger partial charge on any atom is 0.317 e. The third-order valence-corrected chi connectivity index (χ3v) is 3.73. The average molecular weight is 310 g/mol. The number of ether oxygens (including phenoxy) is 1. The lowest BCUT2D eigenvalue weighted by molar-refractivity contribution is 0.0177. The summed E-state index contributed by atoms with van der Waals surface area (Å²) in [6, 6.07) is -0.112. The van der Waals surface area contributed by atoms with E-state index < -0.39 is 0 Å². The molecule has 1 saturated heterocycles. The molecule has 0 spiro atoms. The number of urea groups is 1. The maximum atomic E-state index is 12.2. The highest BCUT2D eigenvalue weighted by Crippen LogP contribution is 2.12. The lowest BCUT2D eigenvalue weighted by atomic mass is 10.1. The first-order valence-corrected chi connectivity index (χ1v) is 8.18. The van der Waals surface area contributed by atoms with E-state index in [-0.39, 0.29) is 12.1 Å². The Morgan fingerprint density at radius 2 is 2.27 bits per heavy atom. The van der Waals surface area contributed by atoms with Crippen LogP contribution < -0.4 is 5.32 Å². The van der Waals surface area contributed by atoms with Crippen LogP contribution in [0, 0.1) is 0 Å². The molecule has 0 aliphatic carbocycles. The minimum absolute atomic E-state index is 0.112. The van der Waals surface area contributed by atoms with Gasteiger partial charge in [0.05, 0.1) is 12.6 Å². The molecule has 124 valence electrons. The molecule has 1 aromatic heterocycles. The molecule has 0 radical (unpaired) electrons. The first kappa shape index (κ1) is 16.7. The summed E-state index contributed by atoms with van der Waals surface area (Å²) in [6.07, 6.45) is 5.16. The van der Waals surface area contributed by atoms with E-state index >= 15 is 0 Å². The van der Waals surface area contributed by atoms with Gasteiger partial charge in [-0.3, -0.25) is 0 Å². The van der Waals surface area contributed by atoms with Crippen LogP contribution in [0.2, 0.25) is 0 Å². The van der Waals surface area contributed by atoms with Gasteiger partial charge in [0, 0.05) is 26.1 Å². The van der Waals surface area contributed by atoms with Crippen molar-refractivity contribution in [3.63, 3.8) is 0 Å². The number of amides is 2. The van der Waals surface area contributed by atoms with Gasteiger partial charge in [0.15, 0.2) is 5.82 Å². The molecular weight excluding hydrogens is 284 g/mol. The number of nitrogens with one attached hydrogen (secondary N) is 1. The summed E-state index contributed by atoms with van der Waals surface area (Å²) >= 11 is 0. The molecule has 1 aliphatic rings. The third-order valence-electron chi connectivity index (χ3n) is 3.73. The van der Waals surface area contributed by atoms with Crippen LogP contribution in [0.25, 0.3) is 0 Å². The second-order valence-corrected chi connectivity index (χ2v) is 5.54. The highest BCUT2D eigenvalue weighted by molar-refractivity contribution is 5.74. The molecule has 1 aromatic rings. The number of rotatable bonds is 7. The van der Waals surface area contributed by atoms with Crippen LogP contribution in [0.15, 0.2) is 4.52 Å². The topological polar surface area (TPSA) is 80.5 Å². The van der Waals surface area contributed by atoms with E-state index in [1.54, 1.807) is 4.90 Å². The molecule has 1 aliphatic heterocycles. The largest absolute Gasteiger partial charge is 0.376 e. The number of aryl methyl sites for hydroxylation is 1. The molecule has 2 amide bonds. The third kappa shape index (κ3) is 4.98. The van der Waals surface area contributed by atoms with Gasteiger partial charge in [-0.05, 0) is 32.6 Å². The van der Waals surface area contributed by atoms with Gasteiger partial charge >= 0.3 is 6.03 Å². The molecule has 0 saturated carbocycles. The van der Waals surface area contributed by atoms with Crippen molar-refractivity contribution in [2.75, 3.05) is 19.7 Å². The fraction of sp³-hybridized carbons (Fsp3) is 0.800. The Hall–Kier alpha value is -1.63. The summed E-state index contributed by atoms with van der Waals surface area (Å²) in [4.78, 5) is 18.2. The predicted molar refractivity (Wildman–Crippen MR) is 81.4 cm³/mol. The van der Waals surface area contributed by atoms with Gasteiger partial charge in [-0.25, -0.2) is 4.79 Å². The van der Waals surface area contributed by atoms with Crippen molar-refractivity contribution in [1.29, 1.82) is 0 Å². The van der Waals surface area contributed by atoms with Crippen molar-refractivity contribution in [2.45, 2.75) is 58.6 Å². The monoisotopic (exact) mass is 310 g/mol. The summed E-state index contributed by atoms with van der Waals surface area (Å²) in [7, 11) is 0. The van der Waals surface area contributed by atoms with Gasteiger partial charge in [-0.2, -0.15) is 4.98 Å². The molecule has 0 unspecified atom stereocenters. The Kier molecular flexibility index (Phi) is 6.64. The van der Waals surface area contributed by atoms with Crippen LogP contribution in [0.4, 0.5) is 4.79 Å². The predicted octanol–water partition coefficient (Wildman–Crippen LogP) is 2.12. The highest BCUT2D eigenvalue weighted by atomic mass is 16.5. The van der Waals surface area contributed by atoms with Gasteiger partial charge in [-0.1, -0.05) is 12.1 Å². The zero-order chi connectivity index (χ0) is 15.8. The maximum absolute atomic E-state index is 12.2. The van der Waals surface area contributed by atoms with Crippen molar-refractivity contribution in [2.24, 2.45) is 0 Å². The zero-order valence-electron chi connectivity index (χ0n) is 13.5. The standard InChI is InChI=1S/C15H26N4O3/c1-3-7-14-17-13(18-22-14)11-19(4-2)15(20)16-10-12-8-5-6-9-21-12/h12H,3-11H2,1-2H3,(H,16,20)/t12-/m1/s1. The summed E-state index contributed by atoms with van der Waals surface area (Å²) in [5, 5.41) is 6.85.